The van der Waals surface area contributed by atoms with Gasteiger partial charge >= 0.3 is 11.6 Å². The third-order valence-corrected chi connectivity index (χ3v) is 4.51. The lowest BCUT2D eigenvalue weighted by molar-refractivity contribution is -0.149. The fourth-order valence-electron chi connectivity index (χ4n) is 2.59. The molecule has 3 aromatic rings. The fourth-order valence-corrected chi connectivity index (χ4v) is 2.77. The molecule has 2 aromatic carbocycles. The maximum atomic E-state index is 11.9. The van der Waals surface area contributed by atoms with Crippen molar-refractivity contribution in [1.82, 2.24) is 0 Å². The number of hydrogen-bond acceptors (Lipinski definition) is 6. The van der Waals surface area contributed by atoms with Gasteiger partial charge < -0.3 is 19.2 Å². The van der Waals surface area contributed by atoms with E-state index in [1.165, 1.54) is 12.1 Å². The van der Waals surface area contributed by atoms with Crippen LogP contribution in [0.4, 0.5) is 5.69 Å². The number of halogens is 1. The zero-order valence-electron chi connectivity index (χ0n) is 15.8. The molecule has 0 spiro atoms. The van der Waals surface area contributed by atoms with E-state index in [2.05, 4.69) is 5.32 Å². The Bertz CT molecular complexity index is 1140. The summed E-state index contributed by atoms with van der Waals surface area (Å²) >= 11 is 6.00. The highest BCUT2D eigenvalue weighted by molar-refractivity contribution is 6.31. The molecule has 29 heavy (non-hydrogen) atoms. The quantitative estimate of drug-likeness (QED) is 0.488. The molecule has 150 valence electrons. The molecule has 3 rings (SSSR count). The lowest BCUT2D eigenvalue weighted by Crippen LogP contribution is -2.23. The summed E-state index contributed by atoms with van der Waals surface area (Å²) in [6.45, 7) is 2.79. The first-order valence-electron chi connectivity index (χ1n) is 8.71. The van der Waals surface area contributed by atoms with Crippen LogP contribution in [-0.2, 0) is 14.3 Å². The molecule has 0 radical (unpaired) electrons. The number of nitrogens with one attached hydrogen (secondary N) is 1. The number of anilines is 1. The zero-order chi connectivity index (χ0) is 21.0. The summed E-state index contributed by atoms with van der Waals surface area (Å²) in [6.07, 6.45) is 0. The van der Waals surface area contributed by atoms with Crippen LogP contribution >= 0.6 is 11.6 Å². The van der Waals surface area contributed by atoms with E-state index in [1.807, 2.05) is 6.92 Å². The van der Waals surface area contributed by atoms with E-state index in [9.17, 15) is 14.4 Å². The molecule has 0 aliphatic carbocycles. The Morgan fingerprint density at radius 3 is 2.59 bits per heavy atom. The van der Waals surface area contributed by atoms with Crippen LogP contribution in [0.15, 0.2) is 51.7 Å². The zero-order valence-corrected chi connectivity index (χ0v) is 16.5. The molecule has 0 aliphatic rings. The van der Waals surface area contributed by atoms with E-state index >= 15 is 0 Å². The Hall–Kier alpha value is -3.32. The molecule has 1 heterocycles. The Morgan fingerprint density at radius 1 is 1.03 bits per heavy atom. The summed E-state index contributed by atoms with van der Waals surface area (Å²) in [4.78, 5) is 35.2. The number of amides is 1. The number of fused-ring (bicyclic) bond motifs is 1. The van der Waals surface area contributed by atoms with Crippen molar-refractivity contribution >= 4 is 40.1 Å². The topological polar surface area (TPSA) is 94.8 Å². The van der Waals surface area contributed by atoms with Gasteiger partial charge in [0.25, 0.3) is 5.91 Å². The number of esters is 1. The van der Waals surface area contributed by atoms with Crippen molar-refractivity contribution in [2.24, 2.45) is 0 Å². The van der Waals surface area contributed by atoms with E-state index in [4.69, 9.17) is 25.5 Å². The smallest absolute Gasteiger partial charge is 0.344 e. The second-order valence-electron chi connectivity index (χ2n) is 6.37. The van der Waals surface area contributed by atoms with Gasteiger partial charge in [-0.2, -0.15) is 0 Å². The van der Waals surface area contributed by atoms with E-state index in [1.54, 1.807) is 37.3 Å². The van der Waals surface area contributed by atoms with Crippen LogP contribution in [-0.4, -0.2) is 25.1 Å². The van der Waals surface area contributed by atoms with E-state index < -0.39 is 30.7 Å². The number of ether oxygens (including phenoxy) is 2. The summed E-state index contributed by atoms with van der Waals surface area (Å²) in [5.41, 5.74) is 2.06. The summed E-state index contributed by atoms with van der Waals surface area (Å²) in [6, 6.07) is 11.4. The molecule has 0 fully saturated rings. The summed E-state index contributed by atoms with van der Waals surface area (Å²) in [5, 5.41) is 3.88. The highest BCUT2D eigenvalue weighted by atomic mass is 35.5. The second-order valence-corrected chi connectivity index (χ2v) is 6.78. The SMILES string of the molecule is Cc1ccc(NC(=O)COC(=O)COc2ccc3c(C)cc(=O)oc3c2)cc1Cl. The molecule has 1 aromatic heterocycles. The normalized spacial score (nSPS) is 10.6. The monoisotopic (exact) mass is 415 g/mol. The van der Waals surface area contributed by atoms with Gasteiger partial charge in [0.2, 0.25) is 0 Å². The molecular formula is C21H18ClNO6. The number of carbonyl (C=O) groups is 2. The predicted octanol–water partition coefficient (Wildman–Crippen LogP) is 3.62. The number of rotatable bonds is 6. The van der Waals surface area contributed by atoms with Gasteiger partial charge in [-0.15, -0.1) is 0 Å². The number of carbonyl (C=O) groups excluding carboxylic acids is 2. The minimum Gasteiger partial charge on any atom is -0.482 e. The largest absolute Gasteiger partial charge is 0.482 e. The lowest BCUT2D eigenvalue weighted by Gasteiger charge is -2.09. The highest BCUT2D eigenvalue weighted by Crippen LogP contribution is 2.22. The molecule has 0 atom stereocenters. The number of hydrogen-bond donors (Lipinski definition) is 1. The molecule has 1 N–H and O–H groups in total. The van der Waals surface area contributed by atoms with Crippen molar-refractivity contribution in [2.45, 2.75) is 13.8 Å². The van der Waals surface area contributed by atoms with Crippen LogP contribution in [0.25, 0.3) is 11.0 Å². The third-order valence-electron chi connectivity index (χ3n) is 4.10. The molecule has 0 aliphatic heterocycles. The van der Waals surface area contributed by atoms with Crippen molar-refractivity contribution in [3.63, 3.8) is 0 Å². The van der Waals surface area contributed by atoms with Crippen molar-refractivity contribution in [2.75, 3.05) is 18.5 Å². The lowest BCUT2D eigenvalue weighted by atomic mass is 10.1. The Morgan fingerprint density at radius 2 is 1.83 bits per heavy atom. The number of benzene rings is 2. The van der Waals surface area contributed by atoms with Crippen LogP contribution in [0.2, 0.25) is 5.02 Å². The van der Waals surface area contributed by atoms with Crippen LogP contribution < -0.4 is 15.7 Å². The predicted molar refractivity (Wildman–Crippen MR) is 108 cm³/mol. The summed E-state index contributed by atoms with van der Waals surface area (Å²) in [5.74, 6) is -0.879. The summed E-state index contributed by atoms with van der Waals surface area (Å²) < 4.78 is 15.4. The van der Waals surface area contributed by atoms with Gasteiger partial charge in [0.05, 0.1) is 0 Å². The standard InChI is InChI=1S/C21H18ClNO6/c1-12-3-4-14(8-17(12)22)23-19(24)10-28-21(26)11-27-15-5-6-16-13(2)7-20(25)29-18(16)9-15/h3-9H,10-11H2,1-2H3,(H,23,24). The maximum Gasteiger partial charge on any atom is 0.344 e. The van der Waals surface area contributed by atoms with E-state index in [0.717, 1.165) is 16.5 Å². The van der Waals surface area contributed by atoms with E-state index in [0.29, 0.717) is 22.0 Å². The minimum atomic E-state index is -0.715. The average Bonchev–Trinajstić information content (AvgIpc) is 2.67. The van der Waals surface area contributed by atoms with Crippen LogP contribution in [0.3, 0.4) is 0 Å². The highest BCUT2D eigenvalue weighted by Gasteiger charge is 2.10. The Labute approximate surface area is 171 Å². The third kappa shape index (κ3) is 5.36. The molecule has 7 nitrogen and oxygen atoms in total. The van der Waals surface area contributed by atoms with Gasteiger partial charge in [0, 0.05) is 28.2 Å². The summed E-state index contributed by atoms with van der Waals surface area (Å²) in [7, 11) is 0. The molecule has 8 heteroatoms. The van der Waals surface area contributed by atoms with Gasteiger partial charge in [0.15, 0.2) is 13.2 Å². The van der Waals surface area contributed by atoms with Gasteiger partial charge in [0.1, 0.15) is 11.3 Å². The molecular weight excluding hydrogens is 398 g/mol. The maximum absolute atomic E-state index is 11.9. The van der Waals surface area contributed by atoms with Crippen LogP contribution in [0.1, 0.15) is 11.1 Å². The minimum absolute atomic E-state index is 0.335. The molecule has 0 saturated heterocycles. The van der Waals surface area contributed by atoms with Crippen molar-refractivity contribution < 1.29 is 23.5 Å². The van der Waals surface area contributed by atoms with Crippen LogP contribution in [0, 0.1) is 13.8 Å². The molecule has 0 bridgehead atoms. The second kappa shape index (κ2) is 8.79. The van der Waals surface area contributed by atoms with Gasteiger partial charge in [-0.3, -0.25) is 4.79 Å². The Balaban J connectivity index is 1.50. The average molecular weight is 416 g/mol. The first kappa shape index (κ1) is 20.4. The van der Waals surface area contributed by atoms with Crippen LogP contribution in [0.5, 0.6) is 5.75 Å². The van der Waals surface area contributed by atoms with Crippen molar-refractivity contribution in [1.29, 1.82) is 0 Å². The van der Waals surface area contributed by atoms with Gasteiger partial charge in [-0.25, -0.2) is 9.59 Å². The van der Waals surface area contributed by atoms with Gasteiger partial charge in [-0.05, 0) is 49.2 Å². The molecule has 0 saturated carbocycles. The molecule has 1 amide bonds. The van der Waals surface area contributed by atoms with Crippen molar-refractivity contribution in [3.8, 4) is 5.75 Å². The van der Waals surface area contributed by atoms with E-state index in [-0.39, 0.29) is 0 Å². The Kier molecular flexibility index (Phi) is 6.19. The number of aryl methyl sites for hydroxylation is 2. The molecule has 0 unspecified atom stereocenters. The van der Waals surface area contributed by atoms with Crippen molar-refractivity contribution in [3.05, 3.63) is 69.0 Å². The first-order chi connectivity index (χ1) is 13.8. The van der Waals surface area contributed by atoms with Gasteiger partial charge in [-0.1, -0.05) is 17.7 Å². The fraction of sp³-hybridized carbons (Fsp3) is 0.190. The first-order valence-corrected chi connectivity index (χ1v) is 9.08.